The fraction of sp³-hybridized carbons (Fsp3) is 0.833. The lowest BCUT2D eigenvalue weighted by molar-refractivity contribution is 0.115. The number of carbonyl (C=O) groups excluding carboxylic acids is 1. The Morgan fingerprint density at radius 3 is 2.45 bits per heavy atom. The van der Waals surface area contributed by atoms with Gasteiger partial charge in [0.25, 0.3) is 0 Å². The Bertz CT molecular complexity index is 109. The van der Waals surface area contributed by atoms with Gasteiger partial charge in [-0.05, 0) is 20.9 Å². The predicted octanol–water partition coefficient (Wildman–Crippen LogP) is 0.720. The van der Waals surface area contributed by atoms with Crippen LogP contribution in [0.25, 0.3) is 0 Å². The molecule has 5 heteroatoms. The summed E-state index contributed by atoms with van der Waals surface area (Å²) < 4.78 is 4.76. The average Bonchev–Trinajstić information content (AvgIpc) is 1.82. The number of alkyl carbamates (subject to hydrolysis) is 1. The molecule has 0 aliphatic rings. The fourth-order valence-corrected chi connectivity index (χ4v) is 0.416. The Balaban J connectivity index is 0. The van der Waals surface area contributed by atoms with Gasteiger partial charge in [-0.25, -0.2) is 4.79 Å². The Labute approximate surface area is 73.1 Å². The van der Waals surface area contributed by atoms with Crippen LogP contribution in [0.4, 0.5) is 4.79 Å². The number of hydrogen-bond acceptors (Lipinski definition) is 3. The van der Waals surface area contributed by atoms with E-state index in [4.69, 9.17) is 4.74 Å². The molecule has 0 spiro atoms. The van der Waals surface area contributed by atoms with E-state index in [0.29, 0.717) is 6.67 Å². The highest BCUT2D eigenvalue weighted by Gasteiger charge is 2.01. The van der Waals surface area contributed by atoms with Crippen LogP contribution >= 0.6 is 12.4 Å². The molecular weight excluding hydrogens is 168 g/mol. The zero-order valence-electron chi connectivity index (χ0n) is 7.01. The van der Waals surface area contributed by atoms with Crippen molar-refractivity contribution in [3.63, 3.8) is 0 Å². The van der Waals surface area contributed by atoms with Crippen molar-refractivity contribution >= 4 is 18.5 Å². The van der Waals surface area contributed by atoms with E-state index in [1.807, 2.05) is 0 Å². The molecule has 0 bridgehead atoms. The number of carbonyl (C=O) groups is 1. The van der Waals surface area contributed by atoms with E-state index in [2.05, 4.69) is 10.6 Å². The second kappa shape index (κ2) is 7.63. The third-order valence-corrected chi connectivity index (χ3v) is 0.752. The molecule has 0 aromatic carbocycles. The van der Waals surface area contributed by atoms with Crippen LogP contribution < -0.4 is 10.6 Å². The van der Waals surface area contributed by atoms with Crippen LogP contribution in [0.1, 0.15) is 13.8 Å². The molecular formula is C6H15ClN2O2. The monoisotopic (exact) mass is 182 g/mol. The summed E-state index contributed by atoms with van der Waals surface area (Å²) in [6.07, 6.45) is -0.443. The first-order valence-electron chi connectivity index (χ1n) is 3.26. The highest BCUT2D eigenvalue weighted by atomic mass is 35.5. The molecule has 0 radical (unpaired) electrons. The summed E-state index contributed by atoms with van der Waals surface area (Å²) >= 11 is 0. The number of halogens is 1. The molecule has 0 unspecified atom stereocenters. The molecule has 0 fully saturated rings. The van der Waals surface area contributed by atoms with Gasteiger partial charge in [0.05, 0.1) is 12.8 Å². The summed E-state index contributed by atoms with van der Waals surface area (Å²) in [5.74, 6) is 0. The number of amides is 1. The standard InChI is InChI=1S/C6H14N2O2.ClH/c1-5(2)10-6(9)8-4-7-3;/h5,7H,4H2,1-3H3,(H,8,9);1H. The van der Waals surface area contributed by atoms with Crippen LogP contribution in [-0.2, 0) is 4.74 Å². The number of hydrogen-bond donors (Lipinski definition) is 2. The van der Waals surface area contributed by atoms with E-state index in [0.717, 1.165) is 0 Å². The van der Waals surface area contributed by atoms with E-state index in [9.17, 15) is 4.79 Å². The number of rotatable bonds is 3. The van der Waals surface area contributed by atoms with E-state index in [1.54, 1.807) is 20.9 Å². The van der Waals surface area contributed by atoms with Gasteiger partial charge < -0.3 is 15.4 Å². The van der Waals surface area contributed by atoms with Crippen molar-refractivity contribution in [3.05, 3.63) is 0 Å². The van der Waals surface area contributed by atoms with Crippen molar-refractivity contribution < 1.29 is 9.53 Å². The van der Waals surface area contributed by atoms with Crippen molar-refractivity contribution in [1.82, 2.24) is 10.6 Å². The highest BCUT2D eigenvalue weighted by molar-refractivity contribution is 5.85. The molecule has 1 amide bonds. The molecule has 2 N–H and O–H groups in total. The van der Waals surface area contributed by atoms with Crippen LogP contribution in [0.15, 0.2) is 0 Å². The quantitative estimate of drug-likeness (QED) is 0.633. The molecule has 0 aromatic heterocycles. The lowest BCUT2D eigenvalue weighted by Gasteiger charge is -2.08. The van der Waals surface area contributed by atoms with Crippen molar-refractivity contribution in [1.29, 1.82) is 0 Å². The molecule has 11 heavy (non-hydrogen) atoms. The molecule has 0 aliphatic carbocycles. The number of ether oxygens (including phenoxy) is 1. The van der Waals surface area contributed by atoms with Gasteiger partial charge in [-0.1, -0.05) is 0 Å². The van der Waals surface area contributed by atoms with Crippen molar-refractivity contribution in [3.8, 4) is 0 Å². The van der Waals surface area contributed by atoms with Gasteiger partial charge in [-0.3, -0.25) is 0 Å². The third kappa shape index (κ3) is 9.52. The van der Waals surface area contributed by atoms with Crippen LogP contribution in [0.5, 0.6) is 0 Å². The van der Waals surface area contributed by atoms with Gasteiger partial charge in [-0.15, -0.1) is 12.4 Å². The summed E-state index contributed by atoms with van der Waals surface area (Å²) in [5, 5.41) is 5.25. The van der Waals surface area contributed by atoms with E-state index in [1.165, 1.54) is 0 Å². The smallest absolute Gasteiger partial charge is 0.408 e. The average molecular weight is 183 g/mol. The lowest BCUT2D eigenvalue weighted by atomic mass is 10.5. The zero-order chi connectivity index (χ0) is 7.98. The van der Waals surface area contributed by atoms with Gasteiger partial charge in [0.2, 0.25) is 0 Å². The largest absolute Gasteiger partial charge is 0.447 e. The van der Waals surface area contributed by atoms with Gasteiger partial charge in [-0.2, -0.15) is 0 Å². The predicted molar refractivity (Wildman–Crippen MR) is 45.9 cm³/mol. The van der Waals surface area contributed by atoms with Gasteiger partial charge in [0.1, 0.15) is 0 Å². The van der Waals surface area contributed by atoms with Gasteiger partial charge >= 0.3 is 6.09 Å². The lowest BCUT2D eigenvalue weighted by Crippen LogP contribution is -2.33. The summed E-state index contributed by atoms with van der Waals surface area (Å²) in [7, 11) is 1.75. The van der Waals surface area contributed by atoms with E-state index in [-0.39, 0.29) is 24.6 Å². The zero-order valence-corrected chi connectivity index (χ0v) is 7.83. The fourth-order valence-electron chi connectivity index (χ4n) is 0.416. The molecule has 0 heterocycles. The Morgan fingerprint density at radius 1 is 1.55 bits per heavy atom. The van der Waals surface area contributed by atoms with Crippen molar-refractivity contribution in [2.24, 2.45) is 0 Å². The molecule has 4 nitrogen and oxygen atoms in total. The molecule has 0 saturated carbocycles. The molecule has 0 atom stereocenters. The first kappa shape index (κ1) is 13.1. The summed E-state index contributed by atoms with van der Waals surface area (Å²) in [5.41, 5.74) is 0. The van der Waals surface area contributed by atoms with E-state index >= 15 is 0 Å². The topological polar surface area (TPSA) is 50.4 Å². The Kier molecular flexibility index (Phi) is 9.10. The Morgan fingerprint density at radius 2 is 2.09 bits per heavy atom. The van der Waals surface area contributed by atoms with Gasteiger partial charge in [0, 0.05) is 0 Å². The maximum atomic E-state index is 10.6. The third-order valence-electron chi connectivity index (χ3n) is 0.752. The van der Waals surface area contributed by atoms with Crippen molar-refractivity contribution in [2.45, 2.75) is 20.0 Å². The van der Waals surface area contributed by atoms with E-state index < -0.39 is 0 Å². The van der Waals surface area contributed by atoms with Crippen LogP contribution in [0.3, 0.4) is 0 Å². The number of nitrogens with one attached hydrogen (secondary N) is 2. The molecule has 0 aliphatic heterocycles. The SMILES string of the molecule is CNCNC(=O)OC(C)C.Cl. The summed E-state index contributed by atoms with van der Waals surface area (Å²) in [4.78, 5) is 10.6. The minimum atomic E-state index is -0.385. The highest BCUT2D eigenvalue weighted by Crippen LogP contribution is 1.86. The molecule has 68 valence electrons. The second-order valence-corrected chi connectivity index (χ2v) is 2.16. The molecule has 0 rings (SSSR count). The van der Waals surface area contributed by atoms with Crippen LogP contribution in [0.2, 0.25) is 0 Å². The molecule has 0 saturated heterocycles. The van der Waals surface area contributed by atoms with Crippen molar-refractivity contribution in [2.75, 3.05) is 13.7 Å². The first-order chi connectivity index (χ1) is 4.66. The minimum Gasteiger partial charge on any atom is -0.447 e. The normalized spacial score (nSPS) is 8.73. The van der Waals surface area contributed by atoms with Crippen LogP contribution in [-0.4, -0.2) is 25.9 Å². The maximum absolute atomic E-state index is 10.6. The van der Waals surface area contributed by atoms with Crippen LogP contribution in [0, 0.1) is 0 Å². The second-order valence-electron chi connectivity index (χ2n) is 2.16. The Hall–Kier alpha value is -0.480. The summed E-state index contributed by atoms with van der Waals surface area (Å²) in [6.45, 7) is 4.05. The maximum Gasteiger partial charge on any atom is 0.408 e. The first-order valence-corrected chi connectivity index (χ1v) is 3.26. The molecule has 0 aromatic rings. The minimum absolute atomic E-state index is 0. The summed E-state index contributed by atoms with van der Waals surface area (Å²) in [6, 6.07) is 0. The van der Waals surface area contributed by atoms with Gasteiger partial charge in [0.15, 0.2) is 0 Å².